The van der Waals surface area contributed by atoms with E-state index in [1.165, 1.54) is 12.1 Å². The van der Waals surface area contributed by atoms with Crippen LogP contribution in [0.5, 0.6) is 0 Å². The van der Waals surface area contributed by atoms with Crippen LogP contribution in [-0.2, 0) is 0 Å². The maximum Gasteiger partial charge on any atom is 0.174 e. The van der Waals surface area contributed by atoms with Crippen LogP contribution in [0, 0.1) is 5.82 Å². The van der Waals surface area contributed by atoms with Crippen molar-refractivity contribution in [2.75, 3.05) is 0 Å². The number of hydrazine groups is 1. The van der Waals surface area contributed by atoms with Crippen LogP contribution in [0.2, 0.25) is 0 Å². The highest BCUT2D eigenvalue weighted by Gasteiger charge is 2.13. The molecule has 0 fully saturated rings. The number of nitrogens with two attached hydrogens (primary N) is 2. The third-order valence-corrected chi connectivity index (χ3v) is 3.12. The minimum Gasteiger partial charge on any atom is -0.355 e. The normalized spacial score (nSPS) is 11.8. The summed E-state index contributed by atoms with van der Waals surface area (Å²) in [4.78, 5) is 0. The third kappa shape index (κ3) is 2.30. The van der Waals surface area contributed by atoms with Gasteiger partial charge in [0, 0.05) is 11.1 Å². The Labute approximate surface area is 119 Å². The first-order chi connectivity index (χ1) is 10.2. The lowest BCUT2D eigenvalue weighted by molar-refractivity contribution is 0.441. The number of benzene rings is 2. The second-order valence-electron chi connectivity index (χ2n) is 4.37. The van der Waals surface area contributed by atoms with Gasteiger partial charge in [0.05, 0.1) is 5.39 Å². The van der Waals surface area contributed by atoms with Gasteiger partial charge in [-0.3, -0.25) is 0 Å². The van der Waals surface area contributed by atoms with Crippen molar-refractivity contribution in [3.8, 4) is 11.3 Å². The quantitative estimate of drug-likeness (QED) is 0.288. The second-order valence-corrected chi connectivity index (χ2v) is 4.37. The van der Waals surface area contributed by atoms with Gasteiger partial charge in [0.15, 0.2) is 11.6 Å². The summed E-state index contributed by atoms with van der Waals surface area (Å²) in [6.07, 6.45) is 0. The van der Waals surface area contributed by atoms with E-state index in [4.69, 9.17) is 16.2 Å². The maximum absolute atomic E-state index is 13.0. The standard InChI is InChI=1S/C14H12FN5O/c15-10-4-1-8(2-5-10)13-11-7-9(14(18-16)19-17)3-6-12(11)20-21-13/h1-7H,16-17H2,(H,18,19). The molecule has 0 bridgehead atoms. The average Bonchev–Trinajstić information content (AvgIpc) is 2.93. The van der Waals surface area contributed by atoms with Crippen LogP contribution in [0.15, 0.2) is 52.1 Å². The summed E-state index contributed by atoms with van der Waals surface area (Å²) in [6.45, 7) is 0. The lowest BCUT2D eigenvalue weighted by Crippen LogP contribution is -2.31. The van der Waals surface area contributed by atoms with E-state index < -0.39 is 0 Å². The molecule has 0 saturated heterocycles. The van der Waals surface area contributed by atoms with Crippen molar-refractivity contribution >= 4 is 16.7 Å². The molecule has 0 aliphatic carbocycles. The Hall–Kier alpha value is -2.93. The first-order valence-corrected chi connectivity index (χ1v) is 6.13. The highest BCUT2D eigenvalue weighted by molar-refractivity contribution is 6.03. The zero-order valence-corrected chi connectivity index (χ0v) is 10.9. The van der Waals surface area contributed by atoms with Gasteiger partial charge < -0.3 is 15.8 Å². The van der Waals surface area contributed by atoms with E-state index in [2.05, 4.69) is 15.7 Å². The van der Waals surface area contributed by atoms with Crippen molar-refractivity contribution in [1.82, 2.24) is 10.6 Å². The van der Waals surface area contributed by atoms with Gasteiger partial charge in [0.2, 0.25) is 0 Å². The van der Waals surface area contributed by atoms with E-state index in [1.54, 1.807) is 30.3 Å². The number of nitrogens with one attached hydrogen (secondary N) is 1. The molecule has 0 saturated carbocycles. The van der Waals surface area contributed by atoms with Crippen molar-refractivity contribution in [1.29, 1.82) is 0 Å². The number of hydrazone groups is 1. The molecule has 3 aromatic rings. The molecular formula is C14H12FN5O. The molecule has 0 radical (unpaired) electrons. The van der Waals surface area contributed by atoms with Gasteiger partial charge in [-0.25, -0.2) is 10.2 Å². The molecule has 1 heterocycles. The Morgan fingerprint density at radius 3 is 2.62 bits per heavy atom. The molecule has 0 amide bonds. The minimum atomic E-state index is -0.312. The molecule has 6 nitrogen and oxygen atoms in total. The molecular weight excluding hydrogens is 273 g/mol. The molecule has 21 heavy (non-hydrogen) atoms. The van der Waals surface area contributed by atoms with E-state index >= 15 is 0 Å². The minimum absolute atomic E-state index is 0.312. The van der Waals surface area contributed by atoms with Crippen LogP contribution >= 0.6 is 0 Å². The zero-order valence-electron chi connectivity index (χ0n) is 10.9. The summed E-state index contributed by atoms with van der Waals surface area (Å²) in [5.74, 6) is 11.2. The lowest BCUT2D eigenvalue weighted by atomic mass is 10.1. The Bertz CT molecular complexity index is 810. The van der Waals surface area contributed by atoms with E-state index in [1.807, 2.05) is 0 Å². The molecule has 0 aliphatic rings. The van der Waals surface area contributed by atoms with Crippen molar-refractivity contribution in [3.63, 3.8) is 0 Å². The largest absolute Gasteiger partial charge is 0.355 e. The number of fused-ring (bicyclic) bond motifs is 1. The van der Waals surface area contributed by atoms with E-state index in [9.17, 15) is 4.39 Å². The molecule has 0 unspecified atom stereocenters. The number of amidine groups is 1. The number of hydrogen-bond acceptors (Lipinski definition) is 5. The van der Waals surface area contributed by atoms with Crippen molar-refractivity contribution in [3.05, 3.63) is 53.8 Å². The van der Waals surface area contributed by atoms with Crippen molar-refractivity contribution < 1.29 is 8.91 Å². The predicted molar refractivity (Wildman–Crippen MR) is 77.5 cm³/mol. The SMILES string of the molecule is N/N=C(\NN)c1ccc2noc(-c3ccc(F)cc3)c2c1. The first-order valence-electron chi connectivity index (χ1n) is 6.13. The summed E-state index contributed by atoms with van der Waals surface area (Å²) >= 11 is 0. The Kier molecular flexibility index (Phi) is 3.25. The zero-order chi connectivity index (χ0) is 14.8. The molecule has 0 spiro atoms. The van der Waals surface area contributed by atoms with Crippen LogP contribution in [0.25, 0.3) is 22.2 Å². The summed E-state index contributed by atoms with van der Waals surface area (Å²) < 4.78 is 18.4. The molecule has 0 aliphatic heterocycles. The molecule has 5 N–H and O–H groups in total. The Morgan fingerprint density at radius 2 is 1.95 bits per heavy atom. The number of halogens is 1. The number of hydrogen-bond donors (Lipinski definition) is 3. The Morgan fingerprint density at radius 1 is 1.19 bits per heavy atom. The van der Waals surface area contributed by atoms with Crippen LogP contribution in [-0.4, -0.2) is 11.0 Å². The molecule has 2 aromatic carbocycles. The highest BCUT2D eigenvalue weighted by Crippen LogP contribution is 2.29. The van der Waals surface area contributed by atoms with Gasteiger partial charge in [-0.05, 0) is 42.5 Å². The predicted octanol–water partition coefficient (Wildman–Crippen LogP) is 1.72. The lowest BCUT2D eigenvalue weighted by Gasteiger charge is -2.04. The fourth-order valence-corrected chi connectivity index (χ4v) is 2.09. The average molecular weight is 285 g/mol. The van der Waals surface area contributed by atoms with Gasteiger partial charge in [-0.15, -0.1) is 0 Å². The third-order valence-electron chi connectivity index (χ3n) is 3.12. The number of nitrogens with zero attached hydrogens (tertiary/aromatic N) is 2. The molecule has 1 aromatic heterocycles. The van der Waals surface area contributed by atoms with Gasteiger partial charge in [0.1, 0.15) is 11.3 Å². The fourth-order valence-electron chi connectivity index (χ4n) is 2.09. The summed E-state index contributed by atoms with van der Waals surface area (Å²) in [5, 5.41) is 8.30. The maximum atomic E-state index is 13.0. The monoisotopic (exact) mass is 285 g/mol. The highest BCUT2D eigenvalue weighted by atomic mass is 19.1. The van der Waals surface area contributed by atoms with Gasteiger partial charge >= 0.3 is 0 Å². The van der Waals surface area contributed by atoms with Crippen LogP contribution in [0.1, 0.15) is 5.56 Å². The topological polar surface area (TPSA) is 102 Å². The van der Waals surface area contributed by atoms with E-state index in [0.29, 0.717) is 22.7 Å². The number of aromatic nitrogens is 1. The van der Waals surface area contributed by atoms with Gasteiger partial charge in [-0.2, -0.15) is 5.10 Å². The van der Waals surface area contributed by atoms with E-state index in [-0.39, 0.29) is 5.82 Å². The van der Waals surface area contributed by atoms with Crippen LogP contribution < -0.4 is 17.1 Å². The van der Waals surface area contributed by atoms with Crippen LogP contribution in [0.3, 0.4) is 0 Å². The van der Waals surface area contributed by atoms with Crippen LogP contribution in [0.4, 0.5) is 4.39 Å². The molecule has 3 rings (SSSR count). The molecule has 106 valence electrons. The summed E-state index contributed by atoms with van der Waals surface area (Å²) in [5.41, 5.74) is 4.51. The molecule has 0 atom stereocenters. The first kappa shape index (κ1) is 13.1. The Balaban J connectivity index is 2.16. The smallest absolute Gasteiger partial charge is 0.174 e. The van der Waals surface area contributed by atoms with E-state index in [0.717, 1.165) is 10.9 Å². The van der Waals surface area contributed by atoms with Crippen molar-refractivity contribution in [2.24, 2.45) is 16.8 Å². The fraction of sp³-hybridized carbons (Fsp3) is 0. The second kappa shape index (κ2) is 5.22. The number of rotatable bonds is 2. The van der Waals surface area contributed by atoms with Gasteiger partial charge in [-0.1, -0.05) is 5.16 Å². The molecule has 7 heteroatoms. The van der Waals surface area contributed by atoms with Gasteiger partial charge in [0.25, 0.3) is 0 Å². The summed E-state index contributed by atoms with van der Waals surface area (Å²) in [7, 11) is 0. The van der Waals surface area contributed by atoms with Crippen molar-refractivity contribution in [2.45, 2.75) is 0 Å². The summed E-state index contributed by atoms with van der Waals surface area (Å²) in [6, 6.07) is 11.3.